The molecule has 2 aromatic rings. The molecule has 2 heterocycles. The number of hydrogen-bond acceptors (Lipinski definition) is 4. The summed E-state index contributed by atoms with van der Waals surface area (Å²) in [6.07, 6.45) is 0. The number of rotatable bonds is 3. The first-order valence-corrected chi connectivity index (χ1v) is 5.72. The SMILES string of the molecule is Cc1noc(C)c1CNC(=O)c1c(C)n[nH]c1C. The van der Waals surface area contributed by atoms with Gasteiger partial charge in [-0.2, -0.15) is 5.10 Å². The number of aromatic nitrogens is 3. The van der Waals surface area contributed by atoms with Crippen molar-refractivity contribution in [3.63, 3.8) is 0 Å². The molecule has 0 spiro atoms. The van der Waals surface area contributed by atoms with E-state index in [0.29, 0.717) is 17.8 Å². The molecule has 0 aliphatic rings. The van der Waals surface area contributed by atoms with Crippen LogP contribution in [0, 0.1) is 27.7 Å². The highest BCUT2D eigenvalue weighted by atomic mass is 16.5. The van der Waals surface area contributed by atoms with Gasteiger partial charge in [0.25, 0.3) is 5.91 Å². The number of hydrogen-bond donors (Lipinski definition) is 2. The Balaban J connectivity index is 2.10. The van der Waals surface area contributed by atoms with Gasteiger partial charge in [0, 0.05) is 17.8 Å². The van der Waals surface area contributed by atoms with Crippen LogP contribution in [0.15, 0.2) is 4.52 Å². The van der Waals surface area contributed by atoms with Gasteiger partial charge >= 0.3 is 0 Å². The van der Waals surface area contributed by atoms with Crippen molar-refractivity contribution in [3.05, 3.63) is 34.0 Å². The molecule has 0 bridgehead atoms. The van der Waals surface area contributed by atoms with Crippen LogP contribution in [0.4, 0.5) is 0 Å². The van der Waals surface area contributed by atoms with Crippen LogP contribution in [0.1, 0.15) is 38.8 Å². The fourth-order valence-corrected chi connectivity index (χ4v) is 1.90. The fourth-order valence-electron chi connectivity index (χ4n) is 1.90. The zero-order chi connectivity index (χ0) is 13.3. The zero-order valence-electron chi connectivity index (χ0n) is 10.9. The normalized spacial score (nSPS) is 10.7. The summed E-state index contributed by atoms with van der Waals surface area (Å²) in [5.74, 6) is 0.590. The number of carbonyl (C=O) groups is 1. The number of carbonyl (C=O) groups excluding carboxylic acids is 1. The Hall–Kier alpha value is -2.11. The summed E-state index contributed by atoms with van der Waals surface area (Å²) >= 11 is 0. The van der Waals surface area contributed by atoms with Crippen LogP contribution >= 0.6 is 0 Å². The predicted molar refractivity (Wildman–Crippen MR) is 65.2 cm³/mol. The molecule has 6 heteroatoms. The molecule has 2 N–H and O–H groups in total. The van der Waals surface area contributed by atoms with E-state index in [1.54, 1.807) is 6.92 Å². The van der Waals surface area contributed by atoms with E-state index in [4.69, 9.17) is 4.52 Å². The van der Waals surface area contributed by atoms with Gasteiger partial charge in [0.15, 0.2) is 0 Å². The maximum Gasteiger partial charge on any atom is 0.255 e. The van der Waals surface area contributed by atoms with Crippen molar-refractivity contribution in [3.8, 4) is 0 Å². The maximum atomic E-state index is 12.0. The highest BCUT2D eigenvalue weighted by Crippen LogP contribution is 2.13. The molecule has 2 rings (SSSR count). The van der Waals surface area contributed by atoms with E-state index in [0.717, 1.165) is 22.7 Å². The topological polar surface area (TPSA) is 83.8 Å². The van der Waals surface area contributed by atoms with Gasteiger partial charge in [0.1, 0.15) is 5.76 Å². The molecular weight excluding hydrogens is 232 g/mol. The molecule has 0 fully saturated rings. The molecule has 6 nitrogen and oxygen atoms in total. The first-order valence-electron chi connectivity index (χ1n) is 5.72. The highest BCUT2D eigenvalue weighted by molar-refractivity contribution is 5.96. The third-order valence-electron chi connectivity index (χ3n) is 2.96. The Bertz CT molecular complexity index is 544. The van der Waals surface area contributed by atoms with E-state index in [1.165, 1.54) is 0 Å². The monoisotopic (exact) mass is 248 g/mol. The van der Waals surface area contributed by atoms with E-state index < -0.39 is 0 Å². The summed E-state index contributed by atoms with van der Waals surface area (Å²) in [6, 6.07) is 0. The van der Waals surface area contributed by atoms with Crippen LogP contribution in [0.3, 0.4) is 0 Å². The van der Waals surface area contributed by atoms with Crippen LogP contribution in [0.5, 0.6) is 0 Å². The lowest BCUT2D eigenvalue weighted by molar-refractivity contribution is 0.0949. The van der Waals surface area contributed by atoms with Gasteiger partial charge < -0.3 is 9.84 Å². The number of aryl methyl sites for hydroxylation is 4. The van der Waals surface area contributed by atoms with Crippen molar-refractivity contribution < 1.29 is 9.32 Å². The minimum Gasteiger partial charge on any atom is -0.361 e. The van der Waals surface area contributed by atoms with E-state index in [2.05, 4.69) is 20.7 Å². The summed E-state index contributed by atoms with van der Waals surface area (Å²) in [5.41, 5.74) is 3.78. The molecule has 0 unspecified atom stereocenters. The maximum absolute atomic E-state index is 12.0. The second kappa shape index (κ2) is 4.64. The van der Waals surface area contributed by atoms with Crippen molar-refractivity contribution in [2.24, 2.45) is 0 Å². The minimum absolute atomic E-state index is 0.140. The van der Waals surface area contributed by atoms with Crippen molar-refractivity contribution in [1.29, 1.82) is 0 Å². The van der Waals surface area contributed by atoms with Crippen LogP contribution in [0.25, 0.3) is 0 Å². The third-order valence-corrected chi connectivity index (χ3v) is 2.96. The molecule has 18 heavy (non-hydrogen) atoms. The first-order chi connectivity index (χ1) is 8.50. The van der Waals surface area contributed by atoms with Gasteiger partial charge in [-0.3, -0.25) is 9.89 Å². The smallest absolute Gasteiger partial charge is 0.255 e. The number of aromatic amines is 1. The summed E-state index contributed by atoms with van der Waals surface area (Å²) in [4.78, 5) is 12.0. The quantitative estimate of drug-likeness (QED) is 0.863. The molecule has 0 saturated heterocycles. The van der Waals surface area contributed by atoms with Crippen molar-refractivity contribution in [1.82, 2.24) is 20.7 Å². The predicted octanol–water partition coefficient (Wildman–Crippen LogP) is 1.56. The standard InChI is InChI=1S/C12H16N4O2/c1-6-10(9(4)18-16-6)5-13-12(17)11-7(2)14-15-8(11)3/h5H2,1-4H3,(H,13,17)(H,14,15). The van der Waals surface area contributed by atoms with Gasteiger partial charge in [-0.25, -0.2) is 0 Å². The number of H-pyrrole nitrogens is 1. The highest BCUT2D eigenvalue weighted by Gasteiger charge is 2.16. The van der Waals surface area contributed by atoms with E-state index >= 15 is 0 Å². The number of amides is 1. The Morgan fingerprint density at radius 1 is 1.28 bits per heavy atom. The average molecular weight is 248 g/mol. The van der Waals surface area contributed by atoms with Crippen LogP contribution in [-0.4, -0.2) is 21.3 Å². The molecule has 0 aliphatic carbocycles. The van der Waals surface area contributed by atoms with E-state index in [1.807, 2.05) is 20.8 Å². The summed E-state index contributed by atoms with van der Waals surface area (Å²) in [6.45, 7) is 7.71. The third kappa shape index (κ3) is 2.13. The Kier molecular flexibility index (Phi) is 3.18. The molecule has 0 radical (unpaired) electrons. The molecular formula is C12H16N4O2. The summed E-state index contributed by atoms with van der Waals surface area (Å²) in [5, 5.41) is 13.5. The Morgan fingerprint density at radius 3 is 2.50 bits per heavy atom. The van der Waals surface area contributed by atoms with Crippen molar-refractivity contribution >= 4 is 5.91 Å². The van der Waals surface area contributed by atoms with E-state index in [9.17, 15) is 4.79 Å². The second-order valence-electron chi connectivity index (χ2n) is 4.29. The van der Waals surface area contributed by atoms with Gasteiger partial charge in [-0.05, 0) is 27.7 Å². The lowest BCUT2D eigenvalue weighted by atomic mass is 10.1. The second-order valence-corrected chi connectivity index (χ2v) is 4.29. The molecule has 2 aromatic heterocycles. The number of nitrogens with zero attached hydrogens (tertiary/aromatic N) is 2. The fraction of sp³-hybridized carbons (Fsp3) is 0.417. The Morgan fingerprint density at radius 2 is 2.00 bits per heavy atom. The van der Waals surface area contributed by atoms with Crippen molar-refractivity contribution in [2.45, 2.75) is 34.2 Å². The van der Waals surface area contributed by atoms with Gasteiger partial charge in [0.2, 0.25) is 0 Å². The molecule has 0 aromatic carbocycles. The lowest BCUT2D eigenvalue weighted by Crippen LogP contribution is -2.24. The molecule has 0 saturated carbocycles. The molecule has 0 aliphatic heterocycles. The Labute approximate surface area is 105 Å². The van der Waals surface area contributed by atoms with Gasteiger partial charge in [0.05, 0.1) is 17.0 Å². The van der Waals surface area contributed by atoms with Gasteiger partial charge in [-0.1, -0.05) is 5.16 Å². The summed E-state index contributed by atoms with van der Waals surface area (Å²) in [7, 11) is 0. The number of nitrogens with one attached hydrogen (secondary N) is 2. The first kappa shape index (κ1) is 12.3. The summed E-state index contributed by atoms with van der Waals surface area (Å²) < 4.78 is 5.05. The van der Waals surface area contributed by atoms with E-state index in [-0.39, 0.29) is 5.91 Å². The van der Waals surface area contributed by atoms with Crippen LogP contribution in [0.2, 0.25) is 0 Å². The minimum atomic E-state index is -0.140. The average Bonchev–Trinajstić information content (AvgIpc) is 2.81. The van der Waals surface area contributed by atoms with Gasteiger partial charge in [-0.15, -0.1) is 0 Å². The largest absolute Gasteiger partial charge is 0.361 e. The zero-order valence-corrected chi connectivity index (χ0v) is 10.9. The molecule has 1 amide bonds. The lowest BCUT2D eigenvalue weighted by Gasteiger charge is -2.04. The van der Waals surface area contributed by atoms with Crippen molar-refractivity contribution in [2.75, 3.05) is 0 Å². The molecule has 0 atom stereocenters. The molecule has 96 valence electrons. The van der Waals surface area contributed by atoms with Crippen LogP contribution < -0.4 is 5.32 Å². The van der Waals surface area contributed by atoms with Crippen LogP contribution in [-0.2, 0) is 6.54 Å².